The van der Waals surface area contributed by atoms with Crippen molar-refractivity contribution >= 4 is 0 Å². The van der Waals surface area contributed by atoms with Crippen molar-refractivity contribution < 1.29 is 4.74 Å². The van der Waals surface area contributed by atoms with Crippen LogP contribution in [0.25, 0.3) is 0 Å². The maximum atomic E-state index is 5.11. The number of rotatable bonds is 8. The predicted molar refractivity (Wildman–Crippen MR) is 61.7 cm³/mol. The van der Waals surface area contributed by atoms with Gasteiger partial charge >= 0.3 is 0 Å². The molecule has 0 amide bonds. The van der Waals surface area contributed by atoms with Crippen LogP contribution < -0.4 is 5.32 Å². The van der Waals surface area contributed by atoms with Gasteiger partial charge in [-0.3, -0.25) is 0 Å². The molecule has 3 nitrogen and oxygen atoms in total. The highest BCUT2D eigenvalue weighted by Crippen LogP contribution is 1.96. The monoisotopic (exact) mass is 202 g/mol. The van der Waals surface area contributed by atoms with Crippen LogP contribution in [0.1, 0.15) is 27.2 Å². The molecule has 1 atom stereocenters. The van der Waals surface area contributed by atoms with E-state index in [0.717, 1.165) is 19.7 Å². The number of hydrogen-bond acceptors (Lipinski definition) is 3. The van der Waals surface area contributed by atoms with Crippen LogP contribution in [0.3, 0.4) is 0 Å². The van der Waals surface area contributed by atoms with Crippen LogP contribution in [0.15, 0.2) is 0 Å². The van der Waals surface area contributed by atoms with Crippen LogP contribution in [0, 0.1) is 0 Å². The molecule has 3 heteroatoms. The Morgan fingerprint density at radius 3 is 2.43 bits per heavy atom. The molecule has 0 aliphatic rings. The maximum Gasteiger partial charge on any atom is 0.0615 e. The fourth-order valence-corrected chi connectivity index (χ4v) is 1.31. The Hall–Kier alpha value is -0.120. The largest absolute Gasteiger partial charge is 0.383 e. The molecule has 0 aromatic carbocycles. The van der Waals surface area contributed by atoms with Crippen molar-refractivity contribution in [2.75, 3.05) is 33.9 Å². The minimum atomic E-state index is 0.513. The average molecular weight is 202 g/mol. The third-order valence-electron chi connectivity index (χ3n) is 2.40. The summed E-state index contributed by atoms with van der Waals surface area (Å²) in [6, 6.07) is 1.11. The molecule has 0 aliphatic heterocycles. The summed E-state index contributed by atoms with van der Waals surface area (Å²) in [7, 11) is 3.91. The first-order chi connectivity index (χ1) is 6.57. The van der Waals surface area contributed by atoms with Crippen molar-refractivity contribution in [2.45, 2.75) is 39.3 Å². The highest BCUT2D eigenvalue weighted by Gasteiger charge is 2.07. The van der Waals surface area contributed by atoms with Crippen LogP contribution in [0.5, 0.6) is 0 Å². The molecule has 0 aromatic rings. The molecule has 0 rings (SSSR count). The number of likely N-dealkylation sites (N-methyl/N-ethyl adjacent to an activating group) is 1. The van der Waals surface area contributed by atoms with E-state index in [2.05, 4.69) is 38.0 Å². The van der Waals surface area contributed by atoms with Gasteiger partial charge in [0.2, 0.25) is 0 Å². The molecule has 0 aromatic heterocycles. The first-order valence-electron chi connectivity index (χ1n) is 5.50. The molecule has 0 fully saturated rings. The molecular weight excluding hydrogens is 176 g/mol. The molecule has 0 bridgehead atoms. The summed E-state index contributed by atoms with van der Waals surface area (Å²) in [4.78, 5) is 2.34. The standard InChI is InChI=1S/C11H26N2O/c1-10(2)12-7-6-8-13(4)11(3)9-14-5/h10-12H,6-9H2,1-5H3. The van der Waals surface area contributed by atoms with Crippen molar-refractivity contribution in [3.63, 3.8) is 0 Å². The summed E-state index contributed by atoms with van der Waals surface area (Å²) in [5, 5.41) is 3.41. The lowest BCUT2D eigenvalue weighted by Crippen LogP contribution is -2.35. The van der Waals surface area contributed by atoms with Crippen LogP contribution in [0.4, 0.5) is 0 Å². The maximum absolute atomic E-state index is 5.11. The molecule has 0 saturated carbocycles. The highest BCUT2D eigenvalue weighted by molar-refractivity contribution is 4.63. The van der Waals surface area contributed by atoms with Crippen LogP contribution in [0.2, 0.25) is 0 Å². The van der Waals surface area contributed by atoms with Crippen molar-refractivity contribution in [2.24, 2.45) is 0 Å². The topological polar surface area (TPSA) is 24.5 Å². The van der Waals surface area contributed by atoms with Gasteiger partial charge in [-0.2, -0.15) is 0 Å². The van der Waals surface area contributed by atoms with Gasteiger partial charge in [-0.1, -0.05) is 13.8 Å². The van der Waals surface area contributed by atoms with Gasteiger partial charge in [0, 0.05) is 19.2 Å². The van der Waals surface area contributed by atoms with E-state index in [1.165, 1.54) is 6.42 Å². The lowest BCUT2D eigenvalue weighted by Gasteiger charge is -2.24. The SMILES string of the molecule is COCC(C)N(C)CCCNC(C)C. The van der Waals surface area contributed by atoms with Crippen molar-refractivity contribution in [1.29, 1.82) is 0 Å². The van der Waals surface area contributed by atoms with Crippen LogP contribution in [-0.4, -0.2) is 50.8 Å². The van der Waals surface area contributed by atoms with Crippen molar-refractivity contribution in [3.8, 4) is 0 Å². The van der Waals surface area contributed by atoms with E-state index in [1.807, 2.05) is 0 Å². The number of ether oxygens (including phenoxy) is 1. The zero-order valence-electron chi connectivity index (χ0n) is 10.3. The zero-order valence-corrected chi connectivity index (χ0v) is 10.3. The van der Waals surface area contributed by atoms with Crippen LogP contribution in [-0.2, 0) is 4.74 Å². The van der Waals surface area contributed by atoms with Crippen LogP contribution >= 0.6 is 0 Å². The Bertz CT molecular complexity index is 128. The summed E-state index contributed by atoms with van der Waals surface area (Å²) in [5.74, 6) is 0. The van der Waals surface area contributed by atoms with Gasteiger partial charge < -0.3 is 15.0 Å². The number of nitrogens with zero attached hydrogens (tertiary/aromatic N) is 1. The molecule has 0 aliphatic carbocycles. The van der Waals surface area contributed by atoms with E-state index < -0.39 is 0 Å². The summed E-state index contributed by atoms with van der Waals surface area (Å²) in [6.45, 7) is 9.59. The number of hydrogen-bond donors (Lipinski definition) is 1. The van der Waals surface area contributed by atoms with E-state index in [-0.39, 0.29) is 0 Å². The first kappa shape index (κ1) is 13.9. The van der Waals surface area contributed by atoms with E-state index in [9.17, 15) is 0 Å². The minimum Gasteiger partial charge on any atom is -0.383 e. The smallest absolute Gasteiger partial charge is 0.0615 e. The summed E-state index contributed by atoms with van der Waals surface area (Å²) in [6.07, 6.45) is 1.20. The Labute approximate surface area is 88.8 Å². The van der Waals surface area contributed by atoms with Gasteiger partial charge in [0.05, 0.1) is 6.61 Å². The van der Waals surface area contributed by atoms with Gasteiger partial charge in [0.25, 0.3) is 0 Å². The second kappa shape index (κ2) is 8.21. The van der Waals surface area contributed by atoms with Gasteiger partial charge in [-0.15, -0.1) is 0 Å². The number of nitrogens with one attached hydrogen (secondary N) is 1. The Kier molecular flexibility index (Phi) is 8.14. The lowest BCUT2D eigenvalue weighted by molar-refractivity contribution is 0.115. The van der Waals surface area contributed by atoms with E-state index >= 15 is 0 Å². The van der Waals surface area contributed by atoms with Gasteiger partial charge in [0.1, 0.15) is 0 Å². The summed E-state index contributed by atoms with van der Waals surface area (Å²) in [5.41, 5.74) is 0. The van der Waals surface area contributed by atoms with E-state index in [1.54, 1.807) is 7.11 Å². The predicted octanol–water partition coefficient (Wildman–Crippen LogP) is 1.34. The molecule has 0 saturated heterocycles. The summed E-state index contributed by atoms with van der Waals surface area (Å²) >= 11 is 0. The fraction of sp³-hybridized carbons (Fsp3) is 1.00. The molecule has 0 heterocycles. The molecule has 86 valence electrons. The molecular formula is C11H26N2O. The third kappa shape index (κ3) is 7.30. The summed E-state index contributed by atoms with van der Waals surface area (Å²) < 4.78 is 5.11. The molecule has 1 N–H and O–H groups in total. The molecule has 0 radical (unpaired) electrons. The minimum absolute atomic E-state index is 0.513. The quantitative estimate of drug-likeness (QED) is 0.601. The van der Waals surface area contributed by atoms with Crippen molar-refractivity contribution in [1.82, 2.24) is 10.2 Å². The highest BCUT2D eigenvalue weighted by atomic mass is 16.5. The lowest BCUT2D eigenvalue weighted by atomic mass is 10.3. The normalized spacial score (nSPS) is 13.9. The average Bonchev–Trinajstić information content (AvgIpc) is 2.12. The Morgan fingerprint density at radius 2 is 1.93 bits per heavy atom. The first-order valence-corrected chi connectivity index (χ1v) is 5.50. The van der Waals surface area contributed by atoms with E-state index in [0.29, 0.717) is 12.1 Å². The number of methoxy groups -OCH3 is 1. The van der Waals surface area contributed by atoms with E-state index in [4.69, 9.17) is 4.74 Å². The molecule has 1 unspecified atom stereocenters. The second-order valence-electron chi connectivity index (χ2n) is 4.25. The molecule has 14 heavy (non-hydrogen) atoms. The molecule has 0 spiro atoms. The second-order valence-corrected chi connectivity index (χ2v) is 4.25. The third-order valence-corrected chi connectivity index (χ3v) is 2.40. The zero-order chi connectivity index (χ0) is 11.0. The van der Waals surface area contributed by atoms with Crippen molar-refractivity contribution in [3.05, 3.63) is 0 Å². The van der Waals surface area contributed by atoms with Gasteiger partial charge in [0.15, 0.2) is 0 Å². The van der Waals surface area contributed by atoms with Gasteiger partial charge in [-0.05, 0) is 33.5 Å². The fourth-order valence-electron chi connectivity index (χ4n) is 1.31. The Morgan fingerprint density at radius 1 is 1.29 bits per heavy atom. The van der Waals surface area contributed by atoms with Gasteiger partial charge in [-0.25, -0.2) is 0 Å². The Balaban J connectivity index is 3.38.